The van der Waals surface area contributed by atoms with Crippen molar-refractivity contribution in [2.45, 2.75) is 26.0 Å². The van der Waals surface area contributed by atoms with Gasteiger partial charge in [-0.05, 0) is 36.2 Å². The van der Waals surface area contributed by atoms with E-state index in [-0.39, 0.29) is 6.61 Å². The molecule has 0 saturated heterocycles. The van der Waals surface area contributed by atoms with Gasteiger partial charge in [-0.1, -0.05) is 49.4 Å². The Morgan fingerprint density at radius 1 is 0.970 bits per heavy atom. The highest BCUT2D eigenvalue weighted by Gasteiger charge is 2.24. The number of nitrogens with zero attached hydrogens (tertiary/aromatic N) is 1. The minimum absolute atomic E-state index is 0.0785. The molecular weight excluding hydrogens is 420 g/mol. The van der Waals surface area contributed by atoms with Crippen LogP contribution in [0.2, 0.25) is 0 Å². The van der Waals surface area contributed by atoms with E-state index in [4.69, 9.17) is 15.2 Å². The van der Waals surface area contributed by atoms with Crippen LogP contribution >= 0.6 is 0 Å². The Bertz CT molecular complexity index is 1300. The van der Waals surface area contributed by atoms with Gasteiger partial charge in [0.2, 0.25) is 12.0 Å². The number of hydrogen-bond acceptors (Lipinski definition) is 4. The average Bonchev–Trinajstić information content (AvgIpc) is 3.13. The lowest BCUT2D eigenvalue weighted by atomic mass is 10.1. The van der Waals surface area contributed by atoms with Crippen LogP contribution < -0.4 is 10.5 Å². The number of nitrogens with two attached hydrogens (primary N) is 1. The van der Waals surface area contributed by atoms with Gasteiger partial charge in [0.05, 0.1) is 23.0 Å². The monoisotopic (exact) mass is 446 g/mol. The molecule has 0 aliphatic rings. The number of benzene rings is 3. The van der Waals surface area contributed by atoms with Crippen molar-refractivity contribution in [2.24, 2.45) is 5.73 Å². The molecule has 0 bridgehead atoms. The smallest absolute Gasteiger partial charge is 0.347 e. The van der Waals surface area contributed by atoms with Crippen molar-refractivity contribution in [3.05, 3.63) is 77.9 Å². The molecule has 4 rings (SSSR count). The summed E-state index contributed by atoms with van der Waals surface area (Å²) in [7, 11) is 0. The van der Waals surface area contributed by atoms with E-state index in [1.807, 2.05) is 55.5 Å². The first-order valence-corrected chi connectivity index (χ1v) is 10.9. The largest absolute Gasteiger partial charge is 0.478 e. The number of rotatable bonds is 10. The fraction of sp³-hybridized carbons (Fsp3) is 0.231. The summed E-state index contributed by atoms with van der Waals surface area (Å²) in [6, 6.07) is 20.8. The summed E-state index contributed by atoms with van der Waals surface area (Å²) in [5.74, 6) is -1.31. The fourth-order valence-corrected chi connectivity index (χ4v) is 4.04. The first-order valence-electron chi connectivity index (χ1n) is 10.9. The van der Waals surface area contributed by atoms with E-state index >= 15 is 0 Å². The van der Waals surface area contributed by atoms with Crippen LogP contribution in [0.1, 0.15) is 29.3 Å². The van der Waals surface area contributed by atoms with E-state index in [9.17, 15) is 14.7 Å². The maximum atomic E-state index is 12.3. The maximum absolute atomic E-state index is 12.3. The van der Waals surface area contributed by atoms with Gasteiger partial charge in [-0.3, -0.25) is 4.79 Å². The van der Waals surface area contributed by atoms with E-state index in [1.54, 1.807) is 18.2 Å². The van der Waals surface area contributed by atoms with Gasteiger partial charge < -0.3 is 24.9 Å². The summed E-state index contributed by atoms with van der Waals surface area (Å²) in [6.45, 7) is 2.88. The molecule has 1 heterocycles. The number of carbonyl (C=O) groups excluding carboxylic acids is 1. The van der Waals surface area contributed by atoms with E-state index in [2.05, 4.69) is 4.57 Å². The van der Waals surface area contributed by atoms with Crippen LogP contribution in [-0.4, -0.2) is 40.9 Å². The number of aromatic nitrogens is 1. The predicted molar refractivity (Wildman–Crippen MR) is 127 cm³/mol. The van der Waals surface area contributed by atoms with Gasteiger partial charge in [-0.25, -0.2) is 4.79 Å². The number of carbonyl (C=O) groups is 2. The second kappa shape index (κ2) is 9.75. The molecule has 0 saturated carbocycles. The van der Waals surface area contributed by atoms with Crippen molar-refractivity contribution in [1.82, 2.24) is 4.57 Å². The second-order valence-electron chi connectivity index (χ2n) is 7.81. The molecule has 3 aromatic carbocycles. The predicted octanol–water partition coefficient (Wildman–Crippen LogP) is 4.20. The molecule has 1 aromatic heterocycles. The Morgan fingerprint density at radius 3 is 2.33 bits per heavy atom. The Morgan fingerprint density at radius 2 is 1.67 bits per heavy atom. The molecule has 7 heteroatoms. The van der Waals surface area contributed by atoms with Crippen molar-refractivity contribution in [3.63, 3.8) is 0 Å². The van der Waals surface area contributed by atoms with Gasteiger partial charge in [0.1, 0.15) is 5.75 Å². The van der Waals surface area contributed by atoms with Crippen LogP contribution in [0, 0.1) is 0 Å². The van der Waals surface area contributed by atoms with Crippen molar-refractivity contribution in [3.8, 4) is 5.75 Å². The van der Waals surface area contributed by atoms with Gasteiger partial charge >= 0.3 is 5.97 Å². The molecule has 0 radical (unpaired) electrons. The van der Waals surface area contributed by atoms with Gasteiger partial charge in [-0.15, -0.1) is 0 Å². The molecule has 1 unspecified atom stereocenters. The first-order chi connectivity index (χ1) is 16.0. The molecule has 33 heavy (non-hydrogen) atoms. The Hall–Kier alpha value is -3.84. The third-order valence-electron chi connectivity index (χ3n) is 5.49. The third-order valence-corrected chi connectivity index (χ3v) is 5.49. The Balaban J connectivity index is 1.90. The molecule has 170 valence electrons. The molecule has 3 N–H and O–H groups in total. The van der Waals surface area contributed by atoms with Crippen LogP contribution in [-0.2, 0) is 16.1 Å². The molecule has 1 atom stereocenters. The van der Waals surface area contributed by atoms with Crippen LogP contribution in [0.3, 0.4) is 0 Å². The number of carboxylic acids is 1. The lowest BCUT2D eigenvalue weighted by Gasteiger charge is -2.16. The Labute approximate surface area is 191 Å². The number of ether oxygens (including phenoxy) is 2. The molecular formula is C26H26N2O5. The van der Waals surface area contributed by atoms with Gasteiger partial charge in [0.25, 0.3) is 0 Å². The van der Waals surface area contributed by atoms with E-state index in [1.165, 1.54) is 0 Å². The quantitative estimate of drug-likeness (QED) is 0.355. The minimum atomic E-state index is -1.18. The lowest BCUT2D eigenvalue weighted by molar-refractivity contribution is -0.147. The van der Waals surface area contributed by atoms with Crippen molar-refractivity contribution in [2.75, 3.05) is 13.2 Å². The SMILES string of the molecule is CCCOCC(Oc1cccc2c1c1c(C(N)=O)cccc1n2Cc1ccccc1)C(=O)O. The second-order valence-corrected chi connectivity index (χ2v) is 7.81. The number of amides is 1. The highest BCUT2D eigenvalue weighted by molar-refractivity contribution is 6.19. The van der Waals surface area contributed by atoms with Gasteiger partial charge in [-0.2, -0.15) is 0 Å². The van der Waals surface area contributed by atoms with Gasteiger partial charge in [0.15, 0.2) is 0 Å². The molecule has 0 aliphatic carbocycles. The summed E-state index contributed by atoms with van der Waals surface area (Å²) in [4.78, 5) is 24.1. The van der Waals surface area contributed by atoms with Crippen LogP contribution in [0.5, 0.6) is 5.75 Å². The molecule has 0 fully saturated rings. The van der Waals surface area contributed by atoms with Gasteiger partial charge in [0, 0.05) is 24.1 Å². The minimum Gasteiger partial charge on any atom is -0.478 e. The van der Waals surface area contributed by atoms with Crippen LogP contribution in [0.4, 0.5) is 0 Å². The molecule has 0 aliphatic heterocycles. The topological polar surface area (TPSA) is 104 Å². The summed E-state index contributed by atoms with van der Waals surface area (Å²) in [5, 5.41) is 11.0. The number of primary amides is 1. The number of hydrogen-bond donors (Lipinski definition) is 2. The summed E-state index contributed by atoms with van der Waals surface area (Å²) in [6.07, 6.45) is -0.410. The van der Waals surface area contributed by atoms with Crippen molar-refractivity contribution in [1.29, 1.82) is 0 Å². The van der Waals surface area contributed by atoms with E-state index in [0.29, 0.717) is 35.2 Å². The average molecular weight is 447 g/mol. The zero-order chi connectivity index (χ0) is 23.4. The standard InChI is InChI=1S/C26H26N2O5/c1-2-14-32-16-22(26(30)31)33-21-13-7-12-20-24(21)23-18(25(27)29)10-6-11-19(23)28(20)15-17-8-4-3-5-9-17/h3-13,22H,2,14-16H2,1H3,(H2,27,29)(H,30,31). The van der Waals surface area contributed by atoms with Crippen molar-refractivity contribution < 1.29 is 24.2 Å². The molecule has 7 nitrogen and oxygen atoms in total. The van der Waals surface area contributed by atoms with Crippen LogP contribution in [0.15, 0.2) is 66.7 Å². The van der Waals surface area contributed by atoms with E-state index < -0.39 is 18.0 Å². The molecule has 1 amide bonds. The summed E-state index contributed by atoms with van der Waals surface area (Å²) >= 11 is 0. The lowest BCUT2D eigenvalue weighted by Crippen LogP contribution is -2.32. The van der Waals surface area contributed by atoms with Crippen LogP contribution in [0.25, 0.3) is 21.8 Å². The zero-order valence-electron chi connectivity index (χ0n) is 18.4. The first kappa shape index (κ1) is 22.4. The number of aliphatic carboxylic acids is 1. The molecule has 0 spiro atoms. The zero-order valence-corrected chi connectivity index (χ0v) is 18.4. The highest BCUT2D eigenvalue weighted by Crippen LogP contribution is 2.38. The van der Waals surface area contributed by atoms with E-state index in [0.717, 1.165) is 23.0 Å². The molecule has 4 aromatic rings. The number of carboxylic acid groups (broad SMARTS) is 1. The normalized spacial score (nSPS) is 12.2. The highest BCUT2D eigenvalue weighted by atomic mass is 16.5. The Kier molecular flexibility index (Phi) is 6.60. The summed E-state index contributed by atoms with van der Waals surface area (Å²) < 4.78 is 13.5. The fourth-order valence-electron chi connectivity index (χ4n) is 4.04. The van der Waals surface area contributed by atoms with Crippen molar-refractivity contribution >= 4 is 33.7 Å². The third kappa shape index (κ3) is 4.54. The maximum Gasteiger partial charge on any atom is 0.347 e. The summed E-state index contributed by atoms with van der Waals surface area (Å²) in [5.41, 5.74) is 8.79. The number of fused-ring (bicyclic) bond motifs is 3.